The van der Waals surface area contributed by atoms with Gasteiger partial charge in [0.15, 0.2) is 5.16 Å². The van der Waals surface area contributed by atoms with Crippen molar-refractivity contribution in [2.45, 2.75) is 10.9 Å². The number of hydrogen-bond donors (Lipinski definition) is 2. The molecule has 7 heteroatoms. The molecule has 0 fully saturated rings. The van der Waals surface area contributed by atoms with Crippen LogP contribution in [0.15, 0.2) is 94.9 Å². The molecule has 6 nitrogen and oxygen atoms in total. The van der Waals surface area contributed by atoms with Crippen molar-refractivity contribution >= 4 is 21.7 Å². The van der Waals surface area contributed by atoms with Crippen LogP contribution in [-0.2, 0) is 16.6 Å². The average molecular weight is 427 g/mol. The molecule has 0 saturated heterocycles. The highest BCUT2D eigenvalue weighted by Gasteiger charge is 2.18. The van der Waals surface area contributed by atoms with Crippen LogP contribution in [0, 0.1) is 0 Å². The molecule has 2 aromatic heterocycles. The molecule has 0 aliphatic heterocycles. The summed E-state index contributed by atoms with van der Waals surface area (Å²) < 4.78 is 13.1. The van der Waals surface area contributed by atoms with Crippen molar-refractivity contribution in [1.29, 1.82) is 0 Å². The van der Waals surface area contributed by atoms with E-state index < -0.39 is 10.8 Å². The van der Waals surface area contributed by atoms with Gasteiger partial charge in [-0.2, -0.15) is 0 Å². The summed E-state index contributed by atoms with van der Waals surface area (Å²) in [6, 6.07) is 26.7. The largest absolute Gasteiger partial charge is 0.330 e. The molecule has 1 atom stereocenters. The van der Waals surface area contributed by atoms with Crippen LogP contribution in [0.1, 0.15) is 5.82 Å². The molecule has 0 aliphatic carbocycles. The van der Waals surface area contributed by atoms with E-state index in [9.17, 15) is 9.00 Å². The number of benzene rings is 3. The summed E-state index contributed by atoms with van der Waals surface area (Å²) in [4.78, 5) is 27.4. The van der Waals surface area contributed by atoms with Gasteiger partial charge in [0.25, 0.3) is 5.56 Å². The lowest BCUT2D eigenvalue weighted by molar-refractivity contribution is 0.675. The van der Waals surface area contributed by atoms with Crippen molar-refractivity contribution in [3.8, 4) is 22.5 Å². The third kappa shape index (κ3) is 3.83. The first kappa shape index (κ1) is 19.1. The van der Waals surface area contributed by atoms with Crippen molar-refractivity contribution in [3.63, 3.8) is 0 Å². The van der Waals surface area contributed by atoms with Crippen LogP contribution in [0.4, 0.5) is 0 Å². The molecule has 0 bridgehead atoms. The maximum Gasteiger partial charge on any atom is 0.258 e. The van der Waals surface area contributed by atoms with Crippen LogP contribution in [0.3, 0.4) is 0 Å². The van der Waals surface area contributed by atoms with E-state index in [0.29, 0.717) is 21.9 Å². The Bertz CT molecular complexity index is 1390. The van der Waals surface area contributed by atoms with E-state index in [1.807, 2.05) is 66.7 Å². The average Bonchev–Trinajstić information content (AvgIpc) is 3.26. The SMILES string of the molecule is O=c1[nH]c(CS(=O)c2nc(-c3ccccc3)c(-c3ccccc3)[nH]2)nc2ccccc12. The first-order chi connectivity index (χ1) is 15.2. The number of aromatic nitrogens is 4. The van der Waals surface area contributed by atoms with Crippen LogP contribution >= 0.6 is 0 Å². The van der Waals surface area contributed by atoms with E-state index in [-0.39, 0.29) is 11.3 Å². The minimum Gasteiger partial charge on any atom is -0.330 e. The molecule has 0 amide bonds. The molecule has 31 heavy (non-hydrogen) atoms. The van der Waals surface area contributed by atoms with Crippen LogP contribution in [-0.4, -0.2) is 24.1 Å². The molecular formula is C24H18N4O2S. The van der Waals surface area contributed by atoms with Gasteiger partial charge < -0.3 is 9.97 Å². The Morgan fingerprint density at radius 1 is 0.742 bits per heavy atom. The van der Waals surface area contributed by atoms with Crippen LogP contribution < -0.4 is 5.56 Å². The van der Waals surface area contributed by atoms with Gasteiger partial charge in [-0.1, -0.05) is 72.8 Å². The highest BCUT2D eigenvalue weighted by molar-refractivity contribution is 7.84. The van der Waals surface area contributed by atoms with Crippen molar-refractivity contribution < 1.29 is 4.21 Å². The molecule has 3 aromatic carbocycles. The quantitative estimate of drug-likeness (QED) is 0.439. The minimum atomic E-state index is -1.52. The Balaban J connectivity index is 1.54. The molecule has 0 aliphatic rings. The van der Waals surface area contributed by atoms with Gasteiger partial charge in [-0.05, 0) is 12.1 Å². The van der Waals surface area contributed by atoms with Gasteiger partial charge in [0.1, 0.15) is 5.82 Å². The second kappa shape index (κ2) is 8.12. The normalized spacial score (nSPS) is 12.1. The van der Waals surface area contributed by atoms with E-state index >= 15 is 0 Å². The van der Waals surface area contributed by atoms with E-state index in [4.69, 9.17) is 0 Å². The molecule has 2 N–H and O–H groups in total. The standard InChI is InChI=1S/C24H18N4O2S/c29-23-18-13-7-8-14-19(18)25-20(26-23)15-31(30)24-27-21(16-9-3-1-4-10-16)22(28-24)17-11-5-2-6-12-17/h1-14H,15H2,(H,27,28)(H,25,26,29). The Morgan fingerprint density at radius 3 is 2.13 bits per heavy atom. The highest BCUT2D eigenvalue weighted by Crippen LogP contribution is 2.31. The zero-order chi connectivity index (χ0) is 21.2. The number of H-pyrrole nitrogens is 2. The summed E-state index contributed by atoms with van der Waals surface area (Å²) in [5.74, 6) is 0.414. The van der Waals surface area contributed by atoms with E-state index in [1.54, 1.807) is 18.2 Å². The summed E-state index contributed by atoms with van der Waals surface area (Å²) in [5, 5.41) is 0.848. The lowest BCUT2D eigenvalue weighted by Gasteiger charge is -2.02. The molecule has 5 rings (SSSR count). The zero-order valence-electron chi connectivity index (χ0n) is 16.4. The zero-order valence-corrected chi connectivity index (χ0v) is 17.2. The van der Waals surface area contributed by atoms with Gasteiger partial charge in [0, 0.05) is 11.1 Å². The Labute approximate surface area is 180 Å². The molecule has 0 radical (unpaired) electrons. The van der Waals surface area contributed by atoms with Crippen molar-refractivity contribution in [2.24, 2.45) is 0 Å². The summed E-state index contributed by atoms with van der Waals surface area (Å²) in [7, 11) is -1.52. The number of nitrogens with zero attached hydrogens (tertiary/aromatic N) is 2. The third-order valence-electron chi connectivity index (χ3n) is 4.94. The number of para-hydroxylation sites is 1. The number of aromatic amines is 2. The third-order valence-corrected chi connectivity index (χ3v) is 6.10. The second-order valence-corrected chi connectivity index (χ2v) is 8.38. The number of hydrogen-bond acceptors (Lipinski definition) is 4. The van der Waals surface area contributed by atoms with Gasteiger partial charge in [-0.25, -0.2) is 9.97 Å². The van der Waals surface area contributed by atoms with Gasteiger partial charge in [0.05, 0.1) is 38.8 Å². The second-order valence-electron chi connectivity index (χ2n) is 7.02. The summed E-state index contributed by atoms with van der Waals surface area (Å²) in [6.07, 6.45) is 0. The van der Waals surface area contributed by atoms with Gasteiger partial charge in [0.2, 0.25) is 0 Å². The van der Waals surface area contributed by atoms with Gasteiger partial charge in [-0.3, -0.25) is 9.00 Å². The monoisotopic (exact) mass is 426 g/mol. The summed E-state index contributed by atoms with van der Waals surface area (Å²) >= 11 is 0. The maximum absolute atomic E-state index is 13.1. The fourth-order valence-corrected chi connectivity index (χ4v) is 4.40. The van der Waals surface area contributed by atoms with Crippen molar-refractivity contribution in [3.05, 3.63) is 101 Å². The maximum atomic E-state index is 13.1. The van der Waals surface area contributed by atoms with Gasteiger partial charge >= 0.3 is 0 Å². The predicted octanol–water partition coefficient (Wildman–Crippen LogP) is 4.29. The molecule has 0 saturated carbocycles. The van der Waals surface area contributed by atoms with Crippen LogP contribution in [0.25, 0.3) is 33.4 Å². The first-order valence-corrected chi connectivity index (χ1v) is 11.1. The summed E-state index contributed by atoms with van der Waals surface area (Å²) in [5.41, 5.74) is 3.75. The minimum absolute atomic E-state index is 0.0516. The lowest BCUT2D eigenvalue weighted by Crippen LogP contribution is -2.13. The predicted molar refractivity (Wildman–Crippen MR) is 122 cm³/mol. The first-order valence-electron chi connectivity index (χ1n) is 9.76. The molecule has 1 unspecified atom stereocenters. The topological polar surface area (TPSA) is 91.5 Å². The van der Waals surface area contributed by atoms with Crippen molar-refractivity contribution in [1.82, 2.24) is 19.9 Å². The van der Waals surface area contributed by atoms with Crippen LogP contribution in [0.5, 0.6) is 0 Å². The number of nitrogens with one attached hydrogen (secondary N) is 2. The van der Waals surface area contributed by atoms with E-state index in [0.717, 1.165) is 22.5 Å². The fraction of sp³-hybridized carbons (Fsp3) is 0.0417. The Hall–Kier alpha value is -3.84. The number of fused-ring (bicyclic) bond motifs is 1. The van der Waals surface area contributed by atoms with E-state index in [2.05, 4.69) is 19.9 Å². The molecule has 5 aromatic rings. The molecule has 152 valence electrons. The number of imidazole rings is 1. The molecular weight excluding hydrogens is 408 g/mol. The van der Waals surface area contributed by atoms with Crippen LogP contribution in [0.2, 0.25) is 0 Å². The lowest BCUT2D eigenvalue weighted by atomic mass is 10.1. The smallest absolute Gasteiger partial charge is 0.258 e. The van der Waals surface area contributed by atoms with E-state index in [1.165, 1.54) is 0 Å². The van der Waals surface area contributed by atoms with Crippen molar-refractivity contribution in [2.75, 3.05) is 0 Å². The summed E-state index contributed by atoms with van der Waals surface area (Å²) in [6.45, 7) is 0. The highest BCUT2D eigenvalue weighted by atomic mass is 32.2. The fourth-order valence-electron chi connectivity index (χ4n) is 3.47. The molecule has 0 spiro atoms. The molecule has 2 heterocycles. The Kier molecular flexibility index (Phi) is 5.01. The Morgan fingerprint density at radius 2 is 1.39 bits per heavy atom. The number of rotatable bonds is 5. The van der Waals surface area contributed by atoms with Gasteiger partial charge in [-0.15, -0.1) is 0 Å².